The van der Waals surface area contributed by atoms with E-state index in [1.807, 2.05) is 42.5 Å². The molecule has 1 aliphatic heterocycles. The summed E-state index contributed by atoms with van der Waals surface area (Å²) in [5.74, 6) is 0.908. The van der Waals surface area contributed by atoms with Gasteiger partial charge in [0, 0.05) is 55.7 Å². The molecule has 1 unspecified atom stereocenters. The van der Waals surface area contributed by atoms with Crippen molar-refractivity contribution in [3.05, 3.63) is 54.4 Å². The summed E-state index contributed by atoms with van der Waals surface area (Å²) < 4.78 is 4.01. The van der Waals surface area contributed by atoms with Gasteiger partial charge in [0.25, 0.3) is 5.91 Å². The lowest BCUT2D eigenvalue weighted by Crippen LogP contribution is -2.29. The summed E-state index contributed by atoms with van der Waals surface area (Å²) in [6.07, 6.45) is 8.23. The van der Waals surface area contributed by atoms with Crippen molar-refractivity contribution < 1.29 is 4.79 Å². The largest absolute Gasteiger partial charge is 0.335 e. The number of likely N-dealkylation sites (tertiary alicyclic amines) is 1. The van der Waals surface area contributed by atoms with E-state index in [1.54, 1.807) is 16.9 Å². The first-order chi connectivity index (χ1) is 12.7. The van der Waals surface area contributed by atoms with Gasteiger partial charge < -0.3 is 9.47 Å². The first-order valence-electron chi connectivity index (χ1n) is 8.94. The lowest BCUT2D eigenvalue weighted by atomic mass is 10.2. The number of carbonyl (C=O) groups excluding carboxylic acids is 1. The molecule has 0 bridgehead atoms. The summed E-state index contributed by atoms with van der Waals surface area (Å²) in [5, 5.41) is 4.34. The van der Waals surface area contributed by atoms with Gasteiger partial charge in [0.2, 0.25) is 0 Å². The molecule has 0 radical (unpaired) electrons. The smallest absolute Gasteiger partial charge is 0.274 e. The first-order valence-corrected chi connectivity index (χ1v) is 8.94. The number of nitrogens with zero attached hydrogens (tertiary/aromatic N) is 6. The summed E-state index contributed by atoms with van der Waals surface area (Å²) in [7, 11) is 0. The van der Waals surface area contributed by atoms with E-state index in [0.717, 1.165) is 36.6 Å². The fraction of sp³-hybridized carbons (Fsp3) is 0.368. The molecule has 134 valence electrons. The number of imidazole rings is 1. The predicted molar refractivity (Wildman–Crippen MR) is 97.7 cm³/mol. The minimum Gasteiger partial charge on any atom is -0.335 e. The zero-order chi connectivity index (χ0) is 18.1. The van der Waals surface area contributed by atoms with Gasteiger partial charge in [0.05, 0.1) is 6.04 Å². The van der Waals surface area contributed by atoms with Gasteiger partial charge in [-0.2, -0.15) is 5.10 Å². The van der Waals surface area contributed by atoms with E-state index in [-0.39, 0.29) is 11.9 Å². The Bertz CT molecular complexity index is 913. The number of pyridine rings is 1. The normalized spacial score (nSPS) is 17.0. The number of rotatable bonds is 4. The molecule has 0 spiro atoms. The highest BCUT2D eigenvalue weighted by atomic mass is 16.2. The van der Waals surface area contributed by atoms with E-state index in [2.05, 4.69) is 26.6 Å². The van der Waals surface area contributed by atoms with Gasteiger partial charge in [-0.25, -0.2) is 4.98 Å². The van der Waals surface area contributed by atoms with Crippen LogP contribution in [0, 0.1) is 6.92 Å². The van der Waals surface area contributed by atoms with E-state index in [9.17, 15) is 4.79 Å². The van der Waals surface area contributed by atoms with Crippen molar-refractivity contribution in [3.8, 4) is 11.4 Å². The highest BCUT2D eigenvalue weighted by Gasteiger charge is 2.31. The van der Waals surface area contributed by atoms with Crippen molar-refractivity contribution in [2.75, 3.05) is 13.1 Å². The molecule has 26 heavy (non-hydrogen) atoms. The summed E-state index contributed by atoms with van der Waals surface area (Å²) in [6.45, 7) is 6.22. The van der Waals surface area contributed by atoms with Crippen LogP contribution in [0.5, 0.6) is 0 Å². The number of aromatic nitrogens is 5. The van der Waals surface area contributed by atoms with Gasteiger partial charge in [0.1, 0.15) is 11.5 Å². The van der Waals surface area contributed by atoms with Crippen molar-refractivity contribution in [1.29, 1.82) is 0 Å². The van der Waals surface area contributed by atoms with Gasteiger partial charge in [-0.3, -0.25) is 14.5 Å². The molecule has 0 aliphatic carbocycles. The van der Waals surface area contributed by atoms with Crippen LogP contribution in [0.1, 0.15) is 35.6 Å². The van der Waals surface area contributed by atoms with E-state index in [0.29, 0.717) is 12.2 Å². The van der Waals surface area contributed by atoms with Crippen LogP contribution < -0.4 is 0 Å². The second-order valence-corrected chi connectivity index (χ2v) is 6.59. The molecule has 1 saturated heterocycles. The maximum atomic E-state index is 12.7. The summed E-state index contributed by atoms with van der Waals surface area (Å²) in [4.78, 5) is 23.4. The van der Waals surface area contributed by atoms with Crippen LogP contribution in [0.3, 0.4) is 0 Å². The molecule has 3 aromatic rings. The molecular formula is C19H22N6O. The zero-order valence-electron chi connectivity index (χ0n) is 15.0. The van der Waals surface area contributed by atoms with E-state index in [1.165, 1.54) is 0 Å². The van der Waals surface area contributed by atoms with Crippen LogP contribution in [0.4, 0.5) is 0 Å². The van der Waals surface area contributed by atoms with Crippen molar-refractivity contribution in [2.24, 2.45) is 0 Å². The van der Waals surface area contributed by atoms with Crippen LogP contribution in [0.25, 0.3) is 11.4 Å². The number of amides is 1. The zero-order valence-corrected chi connectivity index (χ0v) is 15.0. The molecule has 1 atom stereocenters. The third-order valence-electron chi connectivity index (χ3n) is 4.90. The van der Waals surface area contributed by atoms with Crippen LogP contribution in [-0.4, -0.2) is 48.2 Å². The Morgan fingerprint density at radius 2 is 2.19 bits per heavy atom. The molecule has 1 fully saturated rings. The molecule has 1 amide bonds. The Morgan fingerprint density at radius 3 is 2.92 bits per heavy atom. The van der Waals surface area contributed by atoms with Crippen molar-refractivity contribution in [1.82, 2.24) is 29.2 Å². The molecule has 3 aromatic heterocycles. The molecule has 4 heterocycles. The van der Waals surface area contributed by atoms with Gasteiger partial charge in [-0.15, -0.1) is 0 Å². The Kier molecular flexibility index (Phi) is 4.28. The maximum absolute atomic E-state index is 12.7. The Morgan fingerprint density at radius 1 is 1.31 bits per heavy atom. The topological polar surface area (TPSA) is 68.8 Å². The van der Waals surface area contributed by atoms with Crippen molar-refractivity contribution in [3.63, 3.8) is 0 Å². The second-order valence-electron chi connectivity index (χ2n) is 6.59. The SMILES string of the molecule is CCn1ccc(C(=O)N2CCC(n3c(C)cnc3-c3cccnc3)C2)n1. The molecule has 0 saturated carbocycles. The maximum Gasteiger partial charge on any atom is 0.274 e. The van der Waals surface area contributed by atoms with Gasteiger partial charge >= 0.3 is 0 Å². The highest BCUT2D eigenvalue weighted by molar-refractivity contribution is 5.92. The minimum atomic E-state index is 0.000367. The molecule has 0 N–H and O–H groups in total. The molecule has 4 rings (SSSR count). The first kappa shape index (κ1) is 16.5. The number of aryl methyl sites for hydroxylation is 2. The number of carbonyl (C=O) groups is 1. The molecule has 7 heteroatoms. The minimum absolute atomic E-state index is 0.000367. The number of hydrogen-bond donors (Lipinski definition) is 0. The summed E-state index contributed by atoms with van der Waals surface area (Å²) in [5.41, 5.74) is 2.60. The predicted octanol–water partition coefficient (Wildman–Crippen LogP) is 2.56. The Hall–Kier alpha value is -2.96. The fourth-order valence-corrected chi connectivity index (χ4v) is 3.57. The lowest BCUT2D eigenvalue weighted by molar-refractivity contribution is 0.0781. The van der Waals surface area contributed by atoms with Crippen LogP contribution >= 0.6 is 0 Å². The molecule has 0 aromatic carbocycles. The second kappa shape index (κ2) is 6.74. The molecule has 1 aliphatic rings. The third kappa shape index (κ3) is 2.89. The number of hydrogen-bond acceptors (Lipinski definition) is 4. The monoisotopic (exact) mass is 350 g/mol. The van der Waals surface area contributed by atoms with Crippen molar-refractivity contribution >= 4 is 5.91 Å². The standard InChI is InChI=1S/C19H22N6O/c1-3-24-10-7-17(22-24)19(26)23-9-6-16(13-23)25-14(2)11-21-18(25)15-5-4-8-20-12-15/h4-5,7-8,10-12,16H,3,6,9,13H2,1-2H3. The quantitative estimate of drug-likeness (QED) is 0.725. The van der Waals surface area contributed by atoms with Crippen LogP contribution in [0.2, 0.25) is 0 Å². The molecular weight excluding hydrogens is 328 g/mol. The van der Waals surface area contributed by atoms with E-state index >= 15 is 0 Å². The average molecular weight is 350 g/mol. The van der Waals surface area contributed by atoms with Gasteiger partial charge in [-0.05, 0) is 38.5 Å². The highest BCUT2D eigenvalue weighted by Crippen LogP contribution is 2.29. The van der Waals surface area contributed by atoms with Crippen LogP contribution in [0.15, 0.2) is 43.0 Å². The summed E-state index contributed by atoms with van der Waals surface area (Å²) in [6, 6.07) is 5.94. The van der Waals surface area contributed by atoms with E-state index in [4.69, 9.17) is 0 Å². The van der Waals surface area contributed by atoms with Gasteiger partial charge in [0.15, 0.2) is 0 Å². The lowest BCUT2D eigenvalue weighted by Gasteiger charge is -2.19. The Balaban J connectivity index is 1.56. The average Bonchev–Trinajstić information content (AvgIpc) is 3.41. The van der Waals surface area contributed by atoms with Crippen molar-refractivity contribution in [2.45, 2.75) is 32.9 Å². The summed E-state index contributed by atoms with van der Waals surface area (Å²) >= 11 is 0. The third-order valence-corrected chi connectivity index (χ3v) is 4.90. The van der Waals surface area contributed by atoms with Gasteiger partial charge in [-0.1, -0.05) is 0 Å². The van der Waals surface area contributed by atoms with E-state index < -0.39 is 0 Å². The Labute approximate surface area is 152 Å². The van der Waals surface area contributed by atoms with Crippen LogP contribution in [-0.2, 0) is 6.54 Å². The molecule has 7 nitrogen and oxygen atoms in total. The fourth-order valence-electron chi connectivity index (χ4n) is 3.57.